The molecule has 380 valence electrons. The van der Waals surface area contributed by atoms with E-state index in [-0.39, 0.29) is 0 Å². The molecule has 0 bridgehead atoms. The second kappa shape index (κ2) is 21.3. The van der Waals surface area contributed by atoms with E-state index in [2.05, 4.69) is 310 Å². The molecule has 0 atom stereocenters. The number of anilines is 6. The molecule has 13 aromatic carbocycles. The molecule has 80 heavy (non-hydrogen) atoms. The number of hydrogen-bond acceptors (Lipinski definition) is 2. The Morgan fingerprint density at radius 3 is 1.04 bits per heavy atom. The molecule has 0 aliphatic carbocycles. The predicted octanol–water partition coefficient (Wildman–Crippen LogP) is 22.2. The quantitative estimate of drug-likeness (QED) is 0.0791. The van der Waals surface area contributed by atoms with Gasteiger partial charge in [0.25, 0.3) is 0 Å². The zero-order valence-electron chi connectivity index (χ0n) is 45.0. The Kier molecular flexibility index (Phi) is 13.1. The summed E-state index contributed by atoms with van der Waals surface area (Å²) < 4.78 is 0. The van der Waals surface area contributed by atoms with Gasteiger partial charge in [0, 0.05) is 44.3 Å². The standard InChI is InChI=1S/C78H58N2/c1-5-20-55(6-2)61-27-16-31-65(47-61)79(66-32-17-28-62(48-66)56-21-10-7-11-22-56)75-51-73(59-39-35-53(3)36-40-59)69-44-46-72-76(52-74(60-41-37-54(4)38-42-60)70-43-45-71(75)77(69)78(70)72)80(67-33-18-29-63(49-67)57-23-12-8-13-24-57)68-34-19-30-64(50-68)58-25-14-9-15-26-58/h5-52H,1-2H2,3-4H3/b55-20+. The van der Waals surface area contributed by atoms with E-state index in [0.717, 1.165) is 95.0 Å². The van der Waals surface area contributed by atoms with Crippen LogP contribution in [0, 0.1) is 13.8 Å². The summed E-state index contributed by atoms with van der Waals surface area (Å²) in [4.78, 5) is 4.96. The van der Waals surface area contributed by atoms with E-state index in [9.17, 15) is 0 Å². The van der Waals surface area contributed by atoms with Gasteiger partial charge in [0.05, 0.1) is 11.4 Å². The minimum atomic E-state index is 1.000. The Hall–Kier alpha value is -10.3. The molecule has 0 saturated carbocycles. The van der Waals surface area contributed by atoms with E-state index >= 15 is 0 Å². The molecule has 2 heteroatoms. The SMILES string of the molecule is C=C/C=C(\C=C)c1cccc(N(c2cccc(-c3ccccc3)c2)c2cc(-c3ccc(C)cc3)c3ccc4c(N(c5cccc(-c6ccccc6)c5)c5cccc(-c6ccccc6)c5)cc(-c5ccc(C)cc5)c5ccc2c3c54)c1. The molecule has 0 aliphatic heterocycles. The molecule has 13 rings (SSSR count). The molecule has 0 saturated heterocycles. The van der Waals surface area contributed by atoms with Gasteiger partial charge < -0.3 is 9.80 Å². The first kappa shape index (κ1) is 49.3. The van der Waals surface area contributed by atoms with E-state index in [4.69, 9.17) is 0 Å². The van der Waals surface area contributed by atoms with Gasteiger partial charge in [-0.1, -0.05) is 255 Å². The van der Waals surface area contributed by atoms with Crippen LogP contribution in [0.1, 0.15) is 16.7 Å². The van der Waals surface area contributed by atoms with E-state index in [1.807, 2.05) is 18.2 Å². The molecule has 0 aromatic heterocycles. The second-order valence-electron chi connectivity index (χ2n) is 20.7. The van der Waals surface area contributed by atoms with Gasteiger partial charge in [-0.25, -0.2) is 0 Å². The van der Waals surface area contributed by atoms with Crippen molar-refractivity contribution in [1.29, 1.82) is 0 Å². The highest BCUT2D eigenvalue weighted by molar-refractivity contribution is 6.32. The number of allylic oxidation sites excluding steroid dienone is 4. The third kappa shape index (κ3) is 9.23. The Morgan fingerprint density at radius 1 is 0.312 bits per heavy atom. The highest BCUT2D eigenvalue weighted by atomic mass is 15.2. The first-order chi connectivity index (χ1) is 39.4. The number of aryl methyl sites for hydroxylation is 2. The zero-order valence-corrected chi connectivity index (χ0v) is 45.0. The molecule has 0 radical (unpaired) electrons. The van der Waals surface area contributed by atoms with Crippen molar-refractivity contribution in [3.05, 3.63) is 321 Å². The lowest BCUT2D eigenvalue weighted by Gasteiger charge is -2.31. The Balaban J connectivity index is 1.16. The lowest BCUT2D eigenvalue weighted by Crippen LogP contribution is -2.12. The predicted molar refractivity (Wildman–Crippen MR) is 345 cm³/mol. The van der Waals surface area contributed by atoms with Crippen LogP contribution in [0.15, 0.2) is 304 Å². The number of hydrogen-bond donors (Lipinski definition) is 0. The summed E-state index contributed by atoms with van der Waals surface area (Å²) in [6.07, 6.45) is 5.77. The molecule has 0 N–H and O–H groups in total. The van der Waals surface area contributed by atoms with Crippen molar-refractivity contribution in [2.24, 2.45) is 0 Å². The third-order valence-corrected chi connectivity index (χ3v) is 15.7. The highest BCUT2D eigenvalue weighted by Gasteiger charge is 2.27. The van der Waals surface area contributed by atoms with Crippen molar-refractivity contribution in [2.75, 3.05) is 9.80 Å². The number of benzene rings is 13. The summed E-state index contributed by atoms with van der Waals surface area (Å²) in [5.41, 5.74) is 22.4. The van der Waals surface area contributed by atoms with E-state index in [1.165, 1.54) is 49.4 Å². The topological polar surface area (TPSA) is 6.48 Å². The molecule has 2 nitrogen and oxygen atoms in total. The summed E-state index contributed by atoms with van der Waals surface area (Å²) in [5.74, 6) is 0. The van der Waals surface area contributed by atoms with Crippen molar-refractivity contribution < 1.29 is 0 Å². The molecule has 0 unspecified atom stereocenters. The lowest BCUT2D eigenvalue weighted by molar-refractivity contribution is 1.29. The lowest BCUT2D eigenvalue weighted by atomic mass is 9.85. The van der Waals surface area contributed by atoms with Crippen molar-refractivity contribution in [3.63, 3.8) is 0 Å². The molecule has 0 spiro atoms. The summed E-state index contributed by atoms with van der Waals surface area (Å²) in [7, 11) is 0. The average Bonchev–Trinajstić information content (AvgIpc) is 3.71. The van der Waals surface area contributed by atoms with Crippen LogP contribution in [0.25, 0.3) is 93.5 Å². The maximum absolute atomic E-state index is 4.23. The molecule has 0 aliphatic rings. The first-order valence-electron chi connectivity index (χ1n) is 27.5. The van der Waals surface area contributed by atoms with Gasteiger partial charge in [-0.3, -0.25) is 0 Å². The number of nitrogens with zero attached hydrogens (tertiary/aromatic N) is 2. The Labute approximate surface area is 469 Å². The Bertz CT molecular complexity index is 4360. The van der Waals surface area contributed by atoms with E-state index in [0.29, 0.717) is 0 Å². The van der Waals surface area contributed by atoms with Crippen LogP contribution in [0.4, 0.5) is 34.1 Å². The van der Waals surface area contributed by atoms with E-state index < -0.39 is 0 Å². The van der Waals surface area contributed by atoms with Crippen LogP contribution in [-0.4, -0.2) is 0 Å². The highest BCUT2D eigenvalue weighted by Crippen LogP contribution is 2.53. The van der Waals surface area contributed by atoms with Gasteiger partial charge >= 0.3 is 0 Å². The maximum atomic E-state index is 4.23. The fourth-order valence-electron chi connectivity index (χ4n) is 11.7. The third-order valence-electron chi connectivity index (χ3n) is 15.7. The van der Waals surface area contributed by atoms with Crippen LogP contribution in [0.5, 0.6) is 0 Å². The van der Waals surface area contributed by atoms with Crippen LogP contribution < -0.4 is 9.80 Å². The van der Waals surface area contributed by atoms with Crippen molar-refractivity contribution in [3.8, 4) is 55.6 Å². The van der Waals surface area contributed by atoms with Crippen LogP contribution in [-0.2, 0) is 0 Å². The molecular formula is C78H58N2. The monoisotopic (exact) mass is 1020 g/mol. The summed E-state index contributed by atoms with van der Waals surface area (Å²) in [6, 6.07) is 100. The molecular weight excluding hydrogens is 965 g/mol. The minimum absolute atomic E-state index is 1.000. The van der Waals surface area contributed by atoms with Crippen LogP contribution in [0.2, 0.25) is 0 Å². The smallest absolute Gasteiger partial charge is 0.0546 e. The molecule has 13 aromatic rings. The Morgan fingerprint density at radius 2 is 0.662 bits per heavy atom. The largest absolute Gasteiger partial charge is 0.310 e. The molecule has 0 amide bonds. The molecule has 0 heterocycles. The summed E-state index contributed by atoms with van der Waals surface area (Å²) in [6.45, 7) is 12.6. The van der Waals surface area contributed by atoms with Crippen molar-refractivity contribution in [2.45, 2.75) is 13.8 Å². The fraction of sp³-hybridized carbons (Fsp3) is 0.0256. The van der Waals surface area contributed by atoms with Gasteiger partial charge in [0.1, 0.15) is 0 Å². The van der Waals surface area contributed by atoms with Gasteiger partial charge in [-0.15, -0.1) is 0 Å². The summed E-state index contributed by atoms with van der Waals surface area (Å²) in [5, 5.41) is 7.10. The fourth-order valence-corrected chi connectivity index (χ4v) is 11.7. The first-order valence-corrected chi connectivity index (χ1v) is 27.5. The average molecular weight is 1020 g/mol. The van der Waals surface area contributed by atoms with Crippen molar-refractivity contribution in [1.82, 2.24) is 0 Å². The molecule has 0 fully saturated rings. The summed E-state index contributed by atoms with van der Waals surface area (Å²) >= 11 is 0. The van der Waals surface area contributed by atoms with Crippen LogP contribution >= 0.6 is 0 Å². The van der Waals surface area contributed by atoms with Gasteiger partial charge in [0.15, 0.2) is 0 Å². The zero-order chi connectivity index (χ0) is 54.1. The van der Waals surface area contributed by atoms with E-state index in [1.54, 1.807) is 0 Å². The van der Waals surface area contributed by atoms with Gasteiger partial charge in [0.2, 0.25) is 0 Å². The van der Waals surface area contributed by atoms with Crippen molar-refractivity contribution >= 4 is 72.0 Å². The minimum Gasteiger partial charge on any atom is -0.310 e. The van der Waals surface area contributed by atoms with Gasteiger partial charge in [-0.2, -0.15) is 0 Å². The van der Waals surface area contributed by atoms with Crippen LogP contribution in [0.3, 0.4) is 0 Å². The number of rotatable bonds is 14. The second-order valence-corrected chi connectivity index (χ2v) is 20.7. The van der Waals surface area contributed by atoms with Gasteiger partial charge in [-0.05, 0) is 152 Å². The maximum Gasteiger partial charge on any atom is 0.0546 e. The normalized spacial score (nSPS) is 11.6.